The van der Waals surface area contributed by atoms with Crippen LogP contribution in [0.4, 0.5) is 0 Å². The quantitative estimate of drug-likeness (QED) is 0.888. The topological polar surface area (TPSA) is 28.2 Å². The first-order valence-electron chi connectivity index (χ1n) is 7.13. The van der Waals surface area contributed by atoms with Gasteiger partial charge in [-0.25, -0.2) is 4.98 Å². The van der Waals surface area contributed by atoms with Gasteiger partial charge in [0.15, 0.2) is 0 Å². The summed E-state index contributed by atoms with van der Waals surface area (Å²) in [5, 5.41) is 7.10. The lowest BCUT2D eigenvalue weighted by Gasteiger charge is -2.45. The van der Waals surface area contributed by atoms with Crippen molar-refractivity contribution in [2.45, 2.75) is 51.6 Å². The Labute approximate surface area is 115 Å². The van der Waals surface area contributed by atoms with Crippen molar-refractivity contribution in [3.05, 3.63) is 16.6 Å². The minimum Gasteiger partial charge on any atom is -0.309 e. The molecule has 102 valence electrons. The maximum atomic E-state index is 4.52. The van der Waals surface area contributed by atoms with E-state index in [4.69, 9.17) is 0 Å². The SMILES string of the molecule is CCC(c1nccs1)N1CCNC(CC)(CC)C1. The van der Waals surface area contributed by atoms with Gasteiger partial charge >= 0.3 is 0 Å². The molecule has 1 aromatic rings. The molecule has 2 heterocycles. The Kier molecular flexibility index (Phi) is 4.76. The molecule has 0 aliphatic carbocycles. The maximum Gasteiger partial charge on any atom is 0.110 e. The maximum absolute atomic E-state index is 4.52. The number of thiazole rings is 1. The van der Waals surface area contributed by atoms with E-state index in [-0.39, 0.29) is 0 Å². The summed E-state index contributed by atoms with van der Waals surface area (Å²) in [4.78, 5) is 7.15. The van der Waals surface area contributed by atoms with Crippen molar-refractivity contribution in [3.8, 4) is 0 Å². The Morgan fingerprint density at radius 1 is 1.44 bits per heavy atom. The Morgan fingerprint density at radius 3 is 2.78 bits per heavy atom. The summed E-state index contributed by atoms with van der Waals surface area (Å²) in [6.45, 7) is 10.3. The van der Waals surface area contributed by atoms with Crippen LogP contribution >= 0.6 is 11.3 Å². The normalized spacial score (nSPS) is 21.9. The van der Waals surface area contributed by atoms with E-state index < -0.39 is 0 Å². The molecule has 0 radical (unpaired) electrons. The van der Waals surface area contributed by atoms with Crippen LogP contribution in [0.2, 0.25) is 0 Å². The van der Waals surface area contributed by atoms with Gasteiger partial charge in [-0.15, -0.1) is 11.3 Å². The van der Waals surface area contributed by atoms with E-state index in [2.05, 4.69) is 41.4 Å². The van der Waals surface area contributed by atoms with Crippen molar-refractivity contribution in [2.75, 3.05) is 19.6 Å². The monoisotopic (exact) mass is 267 g/mol. The second-order valence-corrected chi connectivity index (χ2v) is 6.11. The molecular weight excluding hydrogens is 242 g/mol. The van der Waals surface area contributed by atoms with Crippen molar-refractivity contribution >= 4 is 11.3 Å². The Hall–Kier alpha value is -0.450. The van der Waals surface area contributed by atoms with Crippen molar-refractivity contribution in [1.29, 1.82) is 0 Å². The molecule has 1 aliphatic heterocycles. The highest BCUT2D eigenvalue weighted by atomic mass is 32.1. The predicted molar refractivity (Wildman–Crippen MR) is 78.0 cm³/mol. The Morgan fingerprint density at radius 2 is 2.22 bits per heavy atom. The van der Waals surface area contributed by atoms with Gasteiger partial charge in [0.1, 0.15) is 5.01 Å². The largest absolute Gasteiger partial charge is 0.309 e. The minimum absolute atomic E-state index is 0.308. The van der Waals surface area contributed by atoms with E-state index in [0.717, 1.165) is 26.1 Å². The number of piperazine rings is 1. The lowest BCUT2D eigenvalue weighted by molar-refractivity contribution is 0.0832. The number of hydrogen-bond acceptors (Lipinski definition) is 4. The third-order valence-corrected chi connectivity index (χ3v) is 5.20. The molecule has 0 spiro atoms. The average Bonchev–Trinajstić information content (AvgIpc) is 2.94. The van der Waals surface area contributed by atoms with Gasteiger partial charge in [-0.3, -0.25) is 4.90 Å². The van der Waals surface area contributed by atoms with Gasteiger partial charge in [-0.05, 0) is 19.3 Å². The molecule has 4 heteroatoms. The number of hydrogen-bond donors (Lipinski definition) is 1. The highest BCUT2D eigenvalue weighted by Crippen LogP contribution is 2.30. The highest BCUT2D eigenvalue weighted by molar-refractivity contribution is 7.09. The molecule has 1 aromatic heterocycles. The summed E-state index contributed by atoms with van der Waals surface area (Å²) in [7, 11) is 0. The fourth-order valence-electron chi connectivity index (χ4n) is 2.97. The number of nitrogens with one attached hydrogen (secondary N) is 1. The van der Waals surface area contributed by atoms with E-state index in [1.165, 1.54) is 17.8 Å². The van der Waals surface area contributed by atoms with Crippen LogP contribution in [0, 0.1) is 0 Å². The van der Waals surface area contributed by atoms with Gasteiger partial charge in [0.25, 0.3) is 0 Å². The Balaban J connectivity index is 2.12. The molecule has 0 aromatic carbocycles. The van der Waals surface area contributed by atoms with E-state index in [0.29, 0.717) is 11.6 Å². The summed E-state index contributed by atoms with van der Waals surface area (Å²) >= 11 is 1.79. The lowest BCUT2D eigenvalue weighted by Crippen LogP contribution is -2.60. The molecule has 0 amide bonds. The minimum atomic E-state index is 0.308. The number of aromatic nitrogens is 1. The second kappa shape index (κ2) is 6.13. The summed E-state index contributed by atoms with van der Waals surface area (Å²) in [6, 6.07) is 0.504. The van der Waals surface area contributed by atoms with Crippen LogP contribution in [0.1, 0.15) is 51.1 Å². The molecule has 1 atom stereocenters. The van der Waals surface area contributed by atoms with E-state index in [1.54, 1.807) is 11.3 Å². The standard InChI is InChI=1S/C14H25N3S/c1-4-12(13-15-8-10-18-13)17-9-7-16-14(5-2,6-3)11-17/h8,10,12,16H,4-7,9,11H2,1-3H3. The highest BCUT2D eigenvalue weighted by Gasteiger charge is 2.35. The van der Waals surface area contributed by atoms with Gasteiger partial charge in [0.2, 0.25) is 0 Å². The third kappa shape index (κ3) is 2.76. The molecule has 2 rings (SSSR count). The summed E-state index contributed by atoms with van der Waals surface area (Å²) < 4.78 is 0. The summed E-state index contributed by atoms with van der Waals surface area (Å²) in [5.74, 6) is 0. The van der Waals surface area contributed by atoms with E-state index in [1.807, 2.05) is 6.20 Å². The zero-order valence-electron chi connectivity index (χ0n) is 11.8. The van der Waals surface area contributed by atoms with Crippen LogP contribution in [0.3, 0.4) is 0 Å². The fraction of sp³-hybridized carbons (Fsp3) is 0.786. The van der Waals surface area contributed by atoms with Gasteiger partial charge in [-0.1, -0.05) is 20.8 Å². The first-order valence-corrected chi connectivity index (χ1v) is 8.01. The third-order valence-electron chi connectivity index (χ3n) is 4.32. The summed E-state index contributed by atoms with van der Waals surface area (Å²) in [5.41, 5.74) is 0.308. The zero-order valence-corrected chi connectivity index (χ0v) is 12.6. The Bertz CT molecular complexity index is 346. The van der Waals surface area contributed by atoms with Crippen LogP contribution in [-0.2, 0) is 0 Å². The van der Waals surface area contributed by atoms with Crippen LogP contribution in [0.25, 0.3) is 0 Å². The number of rotatable bonds is 5. The molecule has 1 fully saturated rings. The molecule has 0 bridgehead atoms. The van der Waals surface area contributed by atoms with Crippen LogP contribution in [0.5, 0.6) is 0 Å². The second-order valence-electron chi connectivity index (χ2n) is 5.18. The molecular formula is C14H25N3S. The molecule has 1 N–H and O–H groups in total. The van der Waals surface area contributed by atoms with Gasteiger partial charge in [-0.2, -0.15) is 0 Å². The van der Waals surface area contributed by atoms with Crippen LogP contribution < -0.4 is 5.32 Å². The molecule has 0 saturated carbocycles. The predicted octanol–water partition coefficient (Wildman–Crippen LogP) is 3.06. The lowest BCUT2D eigenvalue weighted by atomic mass is 9.89. The molecule has 1 saturated heterocycles. The van der Waals surface area contributed by atoms with Crippen molar-refractivity contribution in [2.24, 2.45) is 0 Å². The number of nitrogens with zero attached hydrogens (tertiary/aromatic N) is 2. The van der Waals surface area contributed by atoms with E-state index >= 15 is 0 Å². The van der Waals surface area contributed by atoms with Crippen LogP contribution in [0.15, 0.2) is 11.6 Å². The first-order chi connectivity index (χ1) is 8.74. The zero-order chi connectivity index (χ0) is 13.0. The van der Waals surface area contributed by atoms with E-state index in [9.17, 15) is 0 Å². The molecule has 3 nitrogen and oxygen atoms in total. The van der Waals surface area contributed by atoms with Crippen molar-refractivity contribution < 1.29 is 0 Å². The fourth-order valence-corrected chi connectivity index (χ4v) is 3.82. The smallest absolute Gasteiger partial charge is 0.110 e. The summed E-state index contributed by atoms with van der Waals surface area (Å²) in [6.07, 6.45) is 5.48. The average molecular weight is 267 g/mol. The van der Waals surface area contributed by atoms with Crippen molar-refractivity contribution in [1.82, 2.24) is 15.2 Å². The first kappa shape index (κ1) is 14.0. The molecule has 18 heavy (non-hydrogen) atoms. The van der Waals surface area contributed by atoms with Gasteiger partial charge < -0.3 is 5.32 Å². The van der Waals surface area contributed by atoms with Crippen LogP contribution in [-0.4, -0.2) is 35.1 Å². The van der Waals surface area contributed by atoms with Gasteiger partial charge in [0, 0.05) is 36.8 Å². The van der Waals surface area contributed by atoms with Crippen molar-refractivity contribution in [3.63, 3.8) is 0 Å². The molecule has 1 aliphatic rings. The molecule has 1 unspecified atom stereocenters. The van der Waals surface area contributed by atoms with Gasteiger partial charge in [0.05, 0.1) is 6.04 Å².